The predicted molar refractivity (Wildman–Crippen MR) is 83.5 cm³/mol. The first-order chi connectivity index (χ1) is 9.76. The van der Waals surface area contributed by atoms with E-state index in [0.717, 1.165) is 43.6 Å². The Balaban J connectivity index is 2.09. The zero-order chi connectivity index (χ0) is 14.6. The minimum atomic E-state index is 0.742. The van der Waals surface area contributed by atoms with Crippen LogP contribution in [0, 0.1) is 0 Å². The molecule has 0 radical (unpaired) electrons. The number of benzene rings is 1. The molecule has 0 saturated carbocycles. The van der Waals surface area contributed by atoms with E-state index in [4.69, 9.17) is 9.47 Å². The van der Waals surface area contributed by atoms with Crippen molar-refractivity contribution in [1.82, 2.24) is 0 Å². The third-order valence-corrected chi connectivity index (χ3v) is 3.38. The standard InChI is InChI=1S/C17H29NO2/c1-4-13-19-16-8-10-17(11-9-16)20-14-7-6-12-18-15(3)5-2/h8-11,15,18H,4-7,12-14H2,1-3H3/p+1/t15-/m0/s1. The average molecular weight is 280 g/mol. The van der Waals surface area contributed by atoms with Crippen LogP contribution in [0.4, 0.5) is 0 Å². The summed E-state index contributed by atoms with van der Waals surface area (Å²) in [6.45, 7) is 9.38. The number of hydrogen-bond acceptors (Lipinski definition) is 2. The van der Waals surface area contributed by atoms with Crippen molar-refractivity contribution in [2.75, 3.05) is 19.8 Å². The normalized spacial score (nSPS) is 12.2. The summed E-state index contributed by atoms with van der Waals surface area (Å²) in [5.41, 5.74) is 0. The lowest BCUT2D eigenvalue weighted by Crippen LogP contribution is -2.89. The van der Waals surface area contributed by atoms with Gasteiger partial charge in [-0.1, -0.05) is 13.8 Å². The molecule has 114 valence electrons. The first kappa shape index (κ1) is 16.8. The molecule has 1 atom stereocenters. The smallest absolute Gasteiger partial charge is 0.119 e. The molecule has 0 aliphatic rings. The third-order valence-electron chi connectivity index (χ3n) is 3.38. The summed E-state index contributed by atoms with van der Waals surface area (Å²) in [6.07, 6.45) is 4.60. The molecule has 0 bridgehead atoms. The van der Waals surface area contributed by atoms with Crippen LogP contribution in [0.5, 0.6) is 11.5 Å². The Bertz CT molecular complexity index is 337. The fourth-order valence-electron chi connectivity index (χ4n) is 1.86. The van der Waals surface area contributed by atoms with Crippen LogP contribution in [-0.2, 0) is 0 Å². The van der Waals surface area contributed by atoms with Crippen molar-refractivity contribution in [2.45, 2.75) is 52.5 Å². The van der Waals surface area contributed by atoms with Gasteiger partial charge in [0, 0.05) is 0 Å². The van der Waals surface area contributed by atoms with Crippen molar-refractivity contribution >= 4 is 0 Å². The molecular formula is C17H30NO2+. The molecule has 0 aliphatic heterocycles. The highest BCUT2D eigenvalue weighted by Crippen LogP contribution is 2.17. The monoisotopic (exact) mass is 280 g/mol. The highest BCUT2D eigenvalue weighted by Gasteiger charge is 2.00. The topological polar surface area (TPSA) is 35.1 Å². The molecule has 1 rings (SSSR count). The number of unbranched alkanes of at least 4 members (excludes halogenated alkanes) is 1. The number of hydrogen-bond donors (Lipinski definition) is 1. The van der Waals surface area contributed by atoms with Crippen LogP contribution in [0.3, 0.4) is 0 Å². The van der Waals surface area contributed by atoms with E-state index in [1.165, 1.54) is 19.4 Å². The van der Waals surface area contributed by atoms with E-state index in [1.54, 1.807) is 0 Å². The Labute approximate surface area is 123 Å². The number of ether oxygens (including phenoxy) is 2. The molecule has 0 amide bonds. The molecule has 1 aromatic rings. The summed E-state index contributed by atoms with van der Waals surface area (Å²) >= 11 is 0. The van der Waals surface area contributed by atoms with Crippen LogP contribution in [0.25, 0.3) is 0 Å². The molecule has 0 heterocycles. The predicted octanol–water partition coefficient (Wildman–Crippen LogP) is 3.00. The van der Waals surface area contributed by atoms with Crippen LogP contribution >= 0.6 is 0 Å². The number of nitrogens with two attached hydrogens (primary N) is 1. The minimum Gasteiger partial charge on any atom is -0.494 e. The van der Waals surface area contributed by atoms with Gasteiger partial charge in [0.05, 0.1) is 25.8 Å². The molecule has 0 aromatic heterocycles. The van der Waals surface area contributed by atoms with Gasteiger partial charge in [-0.3, -0.25) is 0 Å². The van der Waals surface area contributed by atoms with E-state index >= 15 is 0 Å². The molecule has 0 spiro atoms. The summed E-state index contributed by atoms with van der Waals surface area (Å²) in [4.78, 5) is 0. The first-order valence-electron chi connectivity index (χ1n) is 7.95. The lowest BCUT2D eigenvalue weighted by atomic mass is 10.2. The van der Waals surface area contributed by atoms with Gasteiger partial charge < -0.3 is 14.8 Å². The molecule has 20 heavy (non-hydrogen) atoms. The molecule has 0 fully saturated rings. The van der Waals surface area contributed by atoms with Crippen LogP contribution in [0.1, 0.15) is 46.5 Å². The van der Waals surface area contributed by atoms with E-state index in [9.17, 15) is 0 Å². The lowest BCUT2D eigenvalue weighted by Gasteiger charge is -2.09. The second-order valence-corrected chi connectivity index (χ2v) is 5.29. The lowest BCUT2D eigenvalue weighted by molar-refractivity contribution is -0.686. The largest absolute Gasteiger partial charge is 0.494 e. The Hall–Kier alpha value is -1.22. The summed E-state index contributed by atoms with van der Waals surface area (Å²) in [5.74, 6) is 1.85. The highest BCUT2D eigenvalue weighted by atomic mass is 16.5. The fourth-order valence-corrected chi connectivity index (χ4v) is 1.86. The Morgan fingerprint density at radius 2 is 1.55 bits per heavy atom. The van der Waals surface area contributed by atoms with Crippen molar-refractivity contribution in [1.29, 1.82) is 0 Å². The molecule has 0 saturated heterocycles. The van der Waals surface area contributed by atoms with Gasteiger partial charge in [-0.25, -0.2) is 0 Å². The Morgan fingerprint density at radius 3 is 2.10 bits per heavy atom. The van der Waals surface area contributed by atoms with Gasteiger partial charge in [0.2, 0.25) is 0 Å². The summed E-state index contributed by atoms with van der Waals surface area (Å²) in [7, 11) is 0. The van der Waals surface area contributed by atoms with Crippen molar-refractivity contribution < 1.29 is 14.8 Å². The van der Waals surface area contributed by atoms with Crippen molar-refractivity contribution in [3.05, 3.63) is 24.3 Å². The third kappa shape index (κ3) is 7.39. The Kier molecular flexibility index (Phi) is 8.88. The molecule has 3 nitrogen and oxygen atoms in total. The minimum absolute atomic E-state index is 0.742. The molecule has 0 aliphatic carbocycles. The van der Waals surface area contributed by atoms with Crippen molar-refractivity contribution in [3.63, 3.8) is 0 Å². The maximum absolute atomic E-state index is 5.73. The molecule has 3 heteroatoms. The quantitative estimate of drug-likeness (QED) is 0.632. The molecule has 1 aromatic carbocycles. The Morgan fingerprint density at radius 1 is 0.950 bits per heavy atom. The summed E-state index contributed by atoms with van der Waals surface area (Å²) < 4.78 is 11.3. The van der Waals surface area contributed by atoms with Gasteiger partial charge in [0.1, 0.15) is 11.5 Å². The second-order valence-electron chi connectivity index (χ2n) is 5.29. The van der Waals surface area contributed by atoms with Gasteiger partial charge in [-0.15, -0.1) is 0 Å². The molecule has 0 unspecified atom stereocenters. The zero-order valence-electron chi connectivity index (χ0n) is 13.2. The van der Waals surface area contributed by atoms with Crippen molar-refractivity contribution in [3.8, 4) is 11.5 Å². The highest BCUT2D eigenvalue weighted by molar-refractivity contribution is 5.31. The maximum Gasteiger partial charge on any atom is 0.119 e. The van der Waals surface area contributed by atoms with Crippen molar-refractivity contribution in [2.24, 2.45) is 0 Å². The van der Waals surface area contributed by atoms with E-state index in [2.05, 4.69) is 26.1 Å². The van der Waals surface area contributed by atoms with Gasteiger partial charge >= 0.3 is 0 Å². The molecular weight excluding hydrogens is 250 g/mol. The maximum atomic E-state index is 5.73. The van der Waals surface area contributed by atoms with Crippen LogP contribution in [0.15, 0.2) is 24.3 Å². The first-order valence-corrected chi connectivity index (χ1v) is 7.95. The van der Waals surface area contributed by atoms with Crippen LogP contribution < -0.4 is 14.8 Å². The number of rotatable bonds is 11. The SMILES string of the molecule is CCCOc1ccc(OCCCC[NH2+][C@@H](C)CC)cc1. The van der Waals surface area contributed by atoms with Gasteiger partial charge in [-0.2, -0.15) is 0 Å². The van der Waals surface area contributed by atoms with Gasteiger partial charge in [0.15, 0.2) is 0 Å². The van der Waals surface area contributed by atoms with E-state index in [-0.39, 0.29) is 0 Å². The average Bonchev–Trinajstić information content (AvgIpc) is 2.49. The van der Waals surface area contributed by atoms with E-state index < -0.39 is 0 Å². The summed E-state index contributed by atoms with van der Waals surface area (Å²) in [5, 5.41) is 2.42. The zero-order valence-corrected chi connectivity index (χ0v) is 13.2. The van der Waals surface area contributed by atoms with Crippen LogP contribution in [0.2, 0.25) is 0 Å². The van der Waals surface area contributed by atoms with E-state index in [1.807, 2.05) is 24.3 Å². The summed E-state index contributed by atoms with van der Waals surface area (Å²) in [6, 6.07) is 8.65. The molecule has 2 N–H and O–H groups in total. The van der Waals surface area contributed by atoms with E-state index in [0.29, 0.717) is 0 Å². The van der Waals surface area contributed by atoms with Gasteiger partial charge in [-0.05, 0) is 56.9 Å². The fraction of sp³-hybridized carbons (Fsp3) is 0.647. The number of quaternary nitrogens is 1. The second kappa shape index (κ2) is 10.6. The van der Waals surface area contributed by atoms with Gasteiger partial charge in [0.25, 0.3) is 0 Å². The van der Waals surface area contributed by atoms with Crippen LogP contribution in [-0.4, -0.2) is 25.8 Å².